The number of hydrogen-bond acceptors (Lipinski definition) is 2. The maximum absolute atomic E-state index is 6.24. The van der Waals surface area contributed by atoms with E-state index in [1.165, 1.54) is 36.8 Å². The molecule has 126 valence electrons. The van der Waals surface area contributed by atoms with Crippen molar-refractivity contribution < 1.29 is 9.47 Å². The molecule has 2 heteroatoms. The summed E-state index contributed by atoms with van der Waals surface area (Å²) in [4.78, 5) is 0. The van der Waals surface area contributed by atoms with E-state index < -0.39 is 0 Å². The Morgan fingerprint density at radius 1 is 1.22 bits per heavy atom. The second-order valence-electron chi connectivity index (χ2n) is 8.98. The van der Waals surface area contributed by atoms with Gasteiger partial charge in [0.05, 0.1) is 19.8 Å². The van der Waals surface area contributed by atoms with E-state index in [9.17, 15) is 0 Å². The minimum absolute atomic E-state index is 0.225. The molecule has 1 saturated heterocycles. The summed E-state index contributed by atoms with van der Waals surface area (Å²) in [6.45, 7) is 10.3. The van der Waals surface area contributed by atoms with Crippen LogP contribution in [0.1, 0.15) is 69.6 Å². The van der Waals surface area contributed by atoms with Crippen molar-refractivity contribution in [3.63, 3.8) is 0 Å². The number of ether oxygens (including phenoxy) is 2. The first-order valence-electron chi connectivity index (χ1n) is 9.20. The number of rotatable bonds is 2. The second kappa shape index (κ2) is 4.99. The molecule has 3 atom stereocenters. The molecule has 23 heavy (non-hydrogen) atoms. The third-order valence-corrected chi connectivity index (χ3v) is 6.85. The van der Waals surface area contributed by atoms with Crippen LogP contribution in [0.25, 0.3) is 0 Å². The second-order valence-corrected chi connectivity index (χ2v) is 8.98. The van der Waals surface area contributed by atoms with Crippen LogP contribution in [0, 0.1) is 11.3 Å². The van der Waals surface area contributed by atoms with Crippen molar-refractivity contribution in [3.05, 3.63) is 28.8 Å². The molecule has 1 saturated carbocycles. The highest BCUT2D eigenvalue weighted by Crippen LogP contribution is 2.61. The normalized spacial score (nSPS) is 34.2. The minimum Gasteiger partial charge on any atom is -0.496 e. The third-order valence-electron chi connectivity index (χ3n) is 6.85. The lowest BCUT2D eigenvalue weighted by Crippen LogP contribution is -2.50. The molecule has 0 unspecified atom stereocenters. The van der Waals surface area contributed by atoms with Crippen LogP contribution in [0.4, 0.5) is 0 Å². The predicted molar refractivity (Wildman–Crippen MR) is 93.3 cm³/mol. The average Bonchev–Trinajstić information content (AvgIpc) is 2.84. The molecule has 0 amide bonds. The number of methoxy groups -OCH3 is 1. The quantitative estimate of drug-likeness (QED) is 0.778. The molecule has 2 nitrogen and oxygen atoms in total. The molecular weight excluding hydrogens is 284 g/mol. The number of hydrogen-bond donors (Lipinski definition) is 0. The molecule has 2 fully saturated rings. The molecule has 0 N–H and O–H groups in total. The van der Waals surface area contributed by atoms with Crippen LogP contribution >= 0.6 is 0 Å². The Kier molecular flexibility index (Phi) is 3.36. The molecular formula is C21H30O2. The van der Waals surface area contributed by atoms with Gasteiger partial charge in [-0.05, 0) is 65.7 Å². The van der Waals surface area contributed by atoms with E-state index in [2.05, 4.69) is 39.8 Å². The lowest BCUT2D eigenvalue weighted by molar-refractivity contribution is 0.0380. The van der Waals surface area contributed by atoms with E-state index in [-0.39, 0.29) is 5.41 Å². The van der Waals surface area contributed by atoms with Gasteiger partial charge in [0.1, 0.15) is 5.75 Å². The maximum atomic E-state index is 6.24. The molecule has 1 aliphatic heterocycles. The van der Waals surface area contributed by atoms with Gasteiger partial charge in [-0.25, -0.2) is 0 Å². The van der Waals surface area contributed by atoms with Crippen LogP contribution in [0.15, 0.2) is 12.1 Å². The SMILES string of the molecule is COc1cc2c(cc1C(C)C)CC[C@H]1C(C)(C)C[C@@H]3C[C@]21CO3. The monoisotopic (exact) mass is 314 g/mol. The highest BCUT2D eigenvalue weighted by molar-refractivity contribution is 5.50. The van der Waals surface area contributed by atoms with Crippen molar-refractivity contribution in [2.24, 2.45) is 11.3 Å². The lowest BCUT2D eigenvalue weighted by Gasteiger charge is -2.52. The highest BCUT2D eigenvalue weighted by atomic mass is 16.5. The van der Waals surface area contributed by atoms with Crippen molar-refractivity contribution in [2.45, 2.75) is 70.8 Å². The maximum Gasteiger partial charge on any atom is 0.122 e. The molecule has 4 rings (SSSR count). The minimum atomic E-state index is 0.225. The van der Waals surface area contributed by atoms with Crippen LogP contribution in [0.3, 0.4) is 0 Å². The molecule has 2 aliphatic carbocycles. The van der Waals surface area contributed by atoms with Gasteiger partial charge in [0.2, 0.25) is 0 Å². The fraction of sp³-hybridized carbons (Fsp3) is 0.714. The van der Waals surface area contributed by atoms with Gasteiger partial charge in [-0.1, -0.05) is 33.8 Å². The van der Waals surface area contributed by atoms with Gasteiger partial charge in [-0.3, -0.25) is 0 Å². The van der Waals surface area contributed by atoms with E-state index in [1.54, 1.807) is 5.56 Å². The molecule has 1 heterocycles. The summed E-state index contributed by atoms with van der Waals surface area (Å²) >= 11 is 0. The van der Waals surface area contributed by atoms with Crippen LogP contribution in [0.2, 0.25) is 0 Å². The van der Waals surface area contributed by atoms with Gasteiger partial charge in [-0.15, -0.1) is 0 Å². The Morgan fingerprint density at radius 3 is 2.70 bits per heavy atom. The first-order chi connectivity index (χ1) is 10.9. The summed E-state index contributed by atoms with van der Waals surface area (Å²) in [7, 11) is 1.81. The zero-order valence-electron chi connectivity index (χ0n) is 15.2. The van der Waals surface area contributed by atoms with Crippen LogP contribution in [-0.4, -0.2) is 19.8 Å². The van der Waals surface area contributed by atoms with E-state index in [0.717, 1.165) is 18.3 Å². The largest absolute Gasteiger partial charge is 0.496 e. The van der Waals surface area contributed by atoms with Gasteiger partial charge < -0.3 is 9.47 Å². The molecule has 0 aromatic heterocycles. The Hall–Kier alpha value is -1.02. The Labute approximate surface area is 140 Å². The van der Waals surface area contributed by atoms with Crippen LogP contribution < -0.4 is 4.74 Å². The number of benzene rings is 1. The van der Waals surface area contributed by atoms with Crippen molar-refractivity contribution in [1.82, 2.24) is 0 Å². The summed E-state index contributed by atoms with van der Waals surface area (Å²) in [5, 5.41) is 0. The zero-order valence-corrected chi connectivity index (χ0v) is 15.2. The first-order valence-corrected chi connectivity index (χ1v) is 9.20. The zero-order chi connectivity index (χ0) is 16.4. The van der Waals surface area contributed by atoms with E-state index in [1.807, 2.05) is 7.11 Å². The molecule has 1 spiro atoms. The van der Waals surface area contributed by atoms with Crippen molar-refractivity contribution in [2.75, 3.05) is 13.7 Å². The van der Waals surface area contributed by atoms with Gasteiger partial charge in [0.15, 0.2) is 0 Å². The van der Waals surface area contributed by atoms with E-state index in [0.29, 0.717) is 17.4 Å². The summed E-state index contributed by atoms with van der Waals surface area (Å²) in [6.07, 6.45) is 5.39. The number of aryl methyl sites for hydroxylation is 1. The van der Waals surface area contributed by atoms with Gasteiger partial charge in [0.25, 0.3) is 0 Å². The molecule has 2 bridgehead atoms. The van der Waals surface area contributed by atoms with Crippen LogP contribution in [0.5, 0.6) is 5.75 Å². The lowest BCUT2D eigenvalue weighted by atomic mass is 9.50. The van der Waals surface area contributed by atoms with Crippen LogP contribution in [-0.2, 0) is 16.6 Å². The summed E-state index contributed by atoms with van der Waals surface area (Å²) in [5.74, 6) is 2.30. The fourth-order valence-electron chi connectivity index (χ4n) is 5.93. The summed E-state index contributed by atoms with van der Waals surface area (Å²) in [5.41, 5.74) is 5.04. The molecule has 1 aromatic rings. The Bertz CT molecular complexity index is 631. The van der Waals surface area contributed by atoms with Gasteiger partial charge in [0, 0.05) is 5.41 Å². The van der Waals surface area contributed by atoms with Gasteiger partial charge >= 0.3 is 0 Å². The van der Waals surface area contributed by atoms with Crippen molar-refractivity contribution >= 4 is 0 Å². The Balaban J connectivity index is 1.88. The molecule has 0 radical (unpaired) electrons. The third kappa shape index (κ3) is 2.10. The highest BCUT2D eigenvalue weighted by Gasteiger charge is 2.59. The molecule has 3 aliphatic rings. The average molecular weight is 314 g/mol. The fourth-order valence-corrected chi connectivity index (χ4v) is 5.93. The molecule has 1 aromatic carbocycles. The summed E-state index contributed by atoms with van der Waals surface area (Å²) < 4.78 is 12.0. The Morgan fingerprint density at radius 2 is 2.00 bits per heavy atom. The number of fused-ring (bicyclic) bond motifs is 2. The van der Waals surface area contributed by atoms with E-state index >= 15 is 0 Å². The van der Waals surface area contributed by atoms with E-state index in [4.69, 9.17) is 9.47 Å². The van der Waals surface area contributed by atoms with Gasteiger partial charge in [-0.2, -0.15) is 0 Å². The smallest absolute Gasteiger partial charge is 0.122 e. The standard InChI is InChI=1S/C21H30O2/c1-13(2)16-8-14-6-7-19-20(3,4)10-15-11-21(19,12-23-15)17(14)9-18(16)22-5/h8-9,13,15,19H,6-7,10-12H2,1-5H3/t15-,19+,21+/m1/s1. The van der Waals surface area contributed by atoms with Crippen molar-refractivity contribution in [1.29, 1.82) is 0 Å². The first kappa shape index (κ1) is 15.5. The summed E-state index contributed by atoms with van der Waals surface area (Å²) in [6, 6.07) is 4.79. The predicted octanol–water partition coefficient (Wildman–Crippen LogP) is 4.84. The van der Waals surface area contributed by atoms with Crippen molar-refractivity contribution in [3.8, 4) is 5.75 Å². The topological polar surface area (TPSA) is 18.5 Å².